The molecule has 1 atom stereocenters. The van der Waals surface area contributed by atoms with Crippen LogP contribution in [0.5, 0.6) is 0 Å². The molecule has 3 aromatic rings. The lowest BCUT2D eigenvalue weighted by Gasteiger charge is -2.33. The lowest BCUT2D eigenvalue weighted by atomic mass is 9.96. The molecule has 8 nitrogen and oxygen atoms in total. The van der Waals surface area contributed by atoms with E-state index in [1.165, 1.54) is 11.9 Å². The van der Waals surface area contributed by atoms with Crippen molar-refractivity contribution in [3.63, 3.8) is 0 Å². The molecule has 1 saturated heterocycles. The number of carbonyl (C=O) groups is 1. The van der Waals surface area contributed by atoms with Crippen LogP contribution in [-0.4, -0.2) is 53.2 Å². The number of pyridine rings is 1. The summed E-state index contributed by atoms with van der Waals surface area (Å²) in [7, 11) is 0. The molecule has 0 aliphatic carbocycles. The molecule has 28 heavy (non-hydrogen) atoms. The van der Waals surface area contributed by atoms with Gasteiger partial charge in [-0.3, -0.25) is 14.5 Å². The van der Waals surface area contributed by atoms with Crippen LogP contribution in [0.25, 0.3) is 0 Å². The molecule has 4 rings (SSSR count). The molecule has 0 aromatic carbocycles. The van der Waals surface area contributed by atoms with Crippen molar-refractivity contribution in [1.29, 1.82) is 0 Å². The maximum atomic E-state index is 12.7. The molecule has 1 fully saturated rings. The molecule has 3 aromatic heterocycles. The maximum Gasteiger partial charge on any atom is 0.222 e. The third kappa shape index (κ3) is 4.44. The summed E-state index contributed by atoms with van der Waals surface area (Å²) in [6.07, 6.45) is 14.1. The first-order chi connectivity index (χ1) is 13.8. The monoisotopic (exact) mass is 379 g/mol. The van der Waals surface area contributed by atoms with Crippen molar-refractivity contribution >= 4 is 5.91 Å². The van der Waals surface area contributed by atoms with Gasteiger partial charge in [-0.2, -0.15) is 5.10 Å². The molecule has 0 unspecified atom stereocenters. The Hall–Kier alpha value is -3.03. The summed E-state index contributed by atoms with van der Waals surface area (Å²) >= 11 is 0. The molecule has 1 aliphatic rings. The van der Waals surface area contributed by atoms with Crippen LogP contribution in [0.2, 0.25) is 0 Å². The topological polar surface area (TPSA) is 81.7 Å². The molecule has 146 valence electrons. The Morgan fingerprint density at radius 2 is 2.07 bits per heavy atom. The predicted octanol–water partition coefficient (Wildman–Crippen LogP) is 2.10. The van der Waals surface area contributed by atoms with Gasteiger partial charge in [0.15, 0.2) is 0 Å². The normalized spacial score (nSPS) is 17.0. The molecular weight excluding hydrogens is 354 g/mol. The first-order valence-electron chi connectivity index (χ1n) is 9.80. The Labute approximate surface area is 164 Å². The number of nitrogens with zero attached hydrogens (tertiary/aromatic N) is 7. The second kappa shape index (κ2) is 8.77. The first-order valence-corrected chi connectivity index (χ1v) is 9.80. The molecule has 1 aliphatic heterocycles. The minimum Gasteiger partial charge on any atom is -0.342 e. The highest BCUT2D eigenvalue weighted by atomic mass is 16.2. The van der Waals surface area contributed by atoms with Crippen molar-refractivity contribution in [2.45, 2.75) is 44.7 Å². The van der Waals surface area contributed by atoms with E-state index in [4.69, 9.17) is 0 Å². The number of likely N-dealkylation sites (tertiary alicyclic amines) is 1. The minimum absolute atomic E-state index is 0.219. The second-order valence-electron chi connectivity index (χ2n) is 7.21. The molecule has 0 spiro atoms. The van der Waals surface area contributed by atoms with E-state index in [1.54, 1.807) is 11.0 Å². The number of carbonyl (C=O) groups excluding carboxylic acids is 1. The number of aryl methyl sites for hydroxylation is 1. The summed E-state index contributed by atoms with van der Waals surface area (Å²) in [4.78, 5) is 27.3. The van der Waals surface area contributed by atoms with Gasteiger partial charge in [0.1, 0.15) is 18.5 Å². The van der Waals surface area contributed by atoms with Crippen LogP contribution >= 0.6 is 0 Å². The Kier molecular flexibility index (Phi) is 5.75. The van der Waals surface area contributed by atoms with Crippen molar-refractivity contribution < 1.29 is 4.79 Å². The highest BCUT2D eigenvalue weighted by Crippen LogP contribution is 2.26. The maximum absolute atomic E-state index is 12.7. The van der Waals surface area contributed by atoms with E-state index >= 15 is 0 Å². The van der Waals surface area contributed by atoms with Crippen LogP contribution < -0.4 is 0 Å². The van der Waals surface area contributed by atoms with E-state index in [2.05, 4.69) is 24.6 Å². The van der Waals surface area contributed by atoms with Gasteiger partial charge in [-0.15, -0.1) is 0 Å². The van der Waals surface area contributed by atoms with E-state index in [-0.39, 0.29) is 11.8 Å². The van der Waals surface area contributed by atoms with Crippen LogP contribution in [-0.2, 0) is 17.9 Å². The van der Waals surface area contributed by atoms with Crippen molar-refractivity contribution in [2.24, 2.45) is 0 Å². The highest BCUT2D eigenvalue weighted by Gasteiger charge is 2.27. The number of hydrogen-bond donors (Lipinski definition) is 0. The molecule has 0 N–H and O–H groups in total. The summed E-state index contributed by atoms with van der Waals surface area (Å²) in [6.45, 7) is 3.08. The van der Waals surface area contributed by atoms with Gasteiger partial charge < -0.3 is 9.47 Å². The first kappa shape index (κ1) is 18.3. The second-order valence-corrected chi connectivity index (χ2v) is 7.21. The fourth-order valence-electron chi connectivity index (χ4n) is 3.81. The lowest BCUT2D eigenvalue weighted by molar-refractivity contribution is -0.132. The Morgan fingerprint density at radius 3 is 2.89 bits per heavy atom. The quantitative estimate of drug-likeness (QED) is 0.628. The zero-order valence-electron chi connectivity index (χ0n) is 15.9. The third-order valence-electron chi connectivity index (χ3n) is 5.23. The van der Waals surface area contributed by atoms with Crippen molar-refractivity contribution in [3.05, 3.63) is 61.0 Å². The van der Waals surface area contributed by atoms with Crippen LogP contribution in [0.15, 0.2) is 49.6 Å². The van der Waals surface area contributed by atoms with Gasteiger partial charge in [-0.25, -0.2) is 9.97 Å². The molecule has 1 amide bonds. The largest absolute Gasteiger partial charge is 0.342 e. The molecular formula is C20H25N7O. The van der Waals surface area contributed by atoms with Gasteiger partial charge in [0.25, 0.3) is 0 Å². The van der Waals surface area contributed by atoms with E-state index in [1.807, 2.05) is 41.8 Å². The highest BCUT2D eigenvalue weighted by molar-refractivity contribution is 5.76. The summed E-state index contributed by atoms with van der Waals surface area (Å²) < 4.78 is 3.96. The van der Waals surface area contributed by atoms with Gasteiger partial charge in [0.05, 0.1) is 0 Å². The van der Waals surface area contributed by atoms with Gasteiger partial charge in [-0.05, 0) is 37.0 Å². The van der Waals surface area contributed by atoms with Crippen LogP contribution in [0.4, 0.5) is 0 Å². The van der Waals surface area contributed by atoms with Crippen LogP contribution in [0.1, 0.15) is 43.0 Å². The van der Waals surface area contributed by atoms with Gasteiger partial charge in [0, 0.05) is 63.3 Å². The van der Waals surface area contributed by atoms with Gasteiger partial charge in [0.2, 0.25) is 5.91 Å². The zero-order chi connectivity index (χ0) is 19.2. The number of amides is 1. The standard InChI is InChI=1S/C20H25N7O/c28-19(4-2-11-27-16-22-15-24-27)25-10-1-3-18(14-25)20-23-9-12-26(20)13-17-5-7-21-8-6-17/h5-9,12,15-16,18H,1-4,10-11,13-14H2/t18-/m1/s1. The van der Waals surface area contributed by atoms with Crippen LogP contribution in [0, 0.1) is 0 Å². The zero-order valence-corrected chi connectivity index (χ0v) is 15.9. The van der Waals surface area contributed by atoms with E-state index in [0.717, 1.165) is 51.3 Å². The molecule has 0 radical (unpaired) electrons. The predicted molar refractivity (Wildman–Crippen MR) is 103 cm³/mol. The smallest absolute Gasteiger partial charge is 0.222 e. The van der Waals surface area contributed by atoms with Crippen molar-refractivity contribution in [3.8, 4) is 0 Å². The van der Waals surface area contributed by atoms with Crippen molar-refractivity contribution in [1.82, 2.24) is 34.2 Å². The number of rotatable bonds is 7. The number of piperidine rings is 1. The lowest BCUT2D eigenvalue weighted by Crippen LogP contribution is -2.39. The van der Waals surface area contributed by atoms with Gasteiger partial charge in [-0.1, -0.05) is 0 Å². The molecule has 8 heteroatoms. The van der Waals surface area contributed by atoms with E-state index < -0.39 is 0 Å². The average molecular weight is 379 g/mol. The SMILES string of the molecule is O=C(CCCn1cncn1)N1CCC[C@@H](c2nccn2Cc2ccncc2)C1. The number of imidazole rings is 1. The fraction of sp³-hybridized carbons (Fsp3) is 0.450. The molecule has 0 bridgehead atoms. The summed E-state index contributed by atoms with van der Waals surface area (Å²) in [5.74, 6) is 1.57. The summed E-state index contributed by atoms with van der Waals surface area (Å²) in [6, 6.07) is 4.05. The van der Waals surface area contributed by atoms with E-state index in [0.29, 0.717) is 6.42 Å². The minimum atomic E-state index is 0.219. The van der Waals surface area contributed by atoms with Gasteiger partial charge >= 0.3 is 0 Å². The van der Waals surface area contributed by atoms with Crippen LogP contribution in [0.3, 0.4) is 0 Å². The number of aromatic nitrogens is 6. The number of hydrogen-bond acceptors (Lipinski definition) is 5. The third-order valence-corrected chi connectivity index (χ3v) is 5.23. The Balaban J connectivity index is 1.35. The average Bonchev–Trinajstić information content (AvgIpc) is 3.41. The van der Waals surface area contributed by atoms with E-state index in [9.17, 15) is 4.79 Å². The Morgan fingerprint density at radius 1 is 1.18 bits per heavy atom. The molecule has 4 heterocycles. The molecule has 0 saturated carbocycles. The summed E-state index contributed by atoms with van der Waals surface area (Å²) in [5.41, 5.74) is 1.20. The Bertz CT molecular complexity index is 875. The fourth-order valence-corrected chi connectivity index (χ4v) is 3.81. The van der Waals surface area contributed by atoms with Crippen molar-refractivity contribution in [2.75, 3.05) is 13.1 Å². The summed E-state index contributed by atoms with van der Waals surface area (Å²) in [5, 5.41) is 4.08.